The third-order valence-electron chi connectivity index (χ3n) is 8.40. The molecule has 11 nitrogen and oxygen atoms in total. The molecule has 0 atom stereocenters. The number of fused-ring (bicyclic) bond motifs is 3. The summed E-state index contributed by atoms with van der Waals surface area (Å²) >= 11 is 0. The highest BCUT2D eigenvalue weighted by molar-refractivity contribution is 6.06. The zero-order valence-corrected chi connectivity index (χ0v) is 24.6. The molecule has 0 unspecified atom stereocenters. The summed E-state index contributed by atoms with van der Waals surface area (Å²) in [5, 5.41) is 13.9. The van der Waals surface area contributed by atoms with Crippen LogP contribution in [0, 0.1) is 5.41 Å². The van der Waals surface area contributed by atoms with Crippen LogP contribution in [0.4, 0.5) is 11.5 Å². The van der Waals surface area contributed by atoms with E-state index >= 15 is 0 Å². The van der Waals surface area contributed by atoms with E-state index in [0.29, 0.717) is 47.8 Å². The molecule has 5 heterocycles. The van der Waals surface area contributed by atoms with Crippen LogP contribution in [0.3, 0.4) is 0 Å². The van der Waals surface area contributed by atoms with Crippen molar-refractivity contribution in [2.75, 3.05) is 38.1 Å². The molecule has 0 aromatic carbocycles. The number of aliphatic hydroxyl groups excluding tert-OH is 1. The number of carbonyl (C=O) groups excluding carboxylic acids is 1. The molecule has 3 aliphatic rings. The summed E-state index contributed by atoms with van der Waals surface area (Å²) in [4.78, 5) is 39.6. The van der Waals surface area contributed by atoms with Crippen molar-refractivity contribution in [1.82, 2.24) is 24.3 Å². The number of pyridine rings is 2. The van der Waals surface area contributed by atoms with Gasteiger partial charge in [-0.1, -0.05) is 13.8 Å². The number of carbonyl (C=O) groups is 1. The summed E-state index contributed by atoms with van der Waals surface area (Å²) in [6.45, 7) is 7.77. The number of piperazine rings is 1. The van der Waals surface area contributed by atoms with E-state index in [1.165, 1.54) is 15.8 Å². The van der Waals surface area contributed by atoms with Gasteiger partial charge in [0.15, 0.2) is 0 Å². The van der Waals surface area contributed by atoms with E-state index in [9.17, 15) is 14.7 Å². The highest BCUT2D eigenvalue weighted by Crippen LogP contribution is 2.40. The number of amides is 1. The highest BCUT2D eigenvalue weighted by atomic mass is 16.3. The average Bonchev–Trinajstić information content (AvgIpc) is 3.43. The van der Waals surface area contributed by atoms with Crippen LogP contribution >= 0.6 is 0 Å². The monoisotopic (exact) mass is 570 g/mol. The number of anilines is 1. The number of aliphatic imine (C=N–C) groups is 1. The Kier molecular flexibility index (Phi) is 7.02. The lowest BCUT2D eigenvalue weighted by molar-refractivity contribution is 0.0962. The fourth-order valence-corrected chi connectivity index (χ4v) is 6.45. The number of hydrogen-bond acceptors (Lipinski definition) is 7. The van der Waals surface area contributed by atoms with Crippen molar-refractivity contribution in [2.45, 2.75) is 39.8 Å². The Morgan fingerprint density at radius 3 is 2.76 bits per heavy atom. The molecule has 6 rings (SSSR count). The fraction of sp³-hybridized carbons (Fsp3) is 0.419. The van der Waals surface area contributed by atoms with Gasteiger partial charge in [-0.05, 0) is 54.6 Å². The SMILES string of the molecule is CN1CCN/C(=C\C(N)=Nc2cc(-c3ccnc(N4CCn5c(cc6c5CC(C)(C)C6)C4=O)c3CO)cn(C)c2=O)C1. The molecule has 0 radical (unpaired) electrons. The largest absolute Gasteiger partial charge is 0.392 e. The molecular formula is C31H38N8O3. The minimum atomic E-state index is -0.331. The van der Waals surface area contributed by atoms with E-state index in [1.807, 2.05) is 13.1 Å². The van der Waals surface area contributed by atoms with E-state index in [4.69, 9.17) is 5.73 Å². The first-order valence-corrected chi connectivity index (χ1v) is 14.3. The summed E-state index contributed by atoms with van der Waals surface area (Å²) in [6.07, 6.45) is 6.99. The van der Waals surface area contributed by atoms with Crippen LogP contribution in [0.2, 0.25) is 0 Å². The Morgan fingerprint density at radius 1 is 1.19 bits per heavy atom. The second-order valence-electron chi connectivity index (χ2n) is 12.3. The van der Waals surface area contributed by atoms with Crippen molar-refractivity contribution in [3.05, 3.63) is 75.2 Å². The zero-order chi connectivity index (χ0) is 29.8. The minimum Gasteiger partial charge on any atom is -0.392 e. The second-order valence-corrected chi connectivity index (χ2v) is 12.3. The number of aryl methyl sites for hydroxylation is 1. The van der Waals surface area contributed by atoms with E-state index < -0.39 is 0 Å². The third kappa shape index (κ3) is 5.03. The Bertz CT molecular complexity index is 1700. The molecule has 1 saturated heterocycles. The Balaban J connectivity index is 1.35. The lowest BCUT2D eigenvalue weighted by Gasteiger charge is -2.31. The molecule has 1 amide bonds. The van der Waals surface area contributed by atoms with Gasteiger partial charge in [0.25, 0.3) is 11.5 Å². The van der Waals surface area contributed by atoms with Crippen molar-refractivity contribution in [3.8, 4) is 11.1 Å². The normalized spacial score (nSPS) is 19.6. The Morgan fingerprint density at radius 2 is 2.00 bits per heavy atom. The summed E-state index contributed by atoms with van der Waals surface area (Å²) < 4.78 is 3.60. The molecule has 3 aromatic rings. The number of rotatable bonds is 5. The van der Waals surface area contributed by atoms with Crippen molar-refractivity contribution in [1.29, 1.82) is 0 Å². The van der Waals surface area contributed by atoms with Gasteiger partial charge in [0.2, 0.25) is 0 Å². The van der Waals surface area contributed by atoms with Crippen molar-refractivity contribution < 1.29 is 9.90 Å². The Hall–Kier alpha value is -4.22. The fourth-order valence-electron chi connectivity index (χ4n) is 6.45. The molecule has 11 heteroatoms. The molecule has 0 saturated carbocycles. The number of nitrogens with two attached hydrogens (primary N) is 1. The second kappa shape index (κ2) is 10.6. The first-order chi connectivity index (χ1) is 20.0. The number of hydrogen-bond donors (Lipinski definition) is 3. The smallest absolute Gasteiger partial charge is 0.276 e. The lowest BCUT2D eigenvalue weighted by atomic mass is 9.90. The van der Waals surface area contributed by atoms with Crippen molar-refractivity contribution in [2.24, 2.45) is 23.2 Å². The van der Waals surface area contributed by atoms with Crippen LogP contribution in [0.25, 0.3) is 11.1 Å². The molecule has 42 heavy (non-hydrogen) atoms. The van der Waals surface area contributed by atoms with E-state index in [1.54, 1.807) is 42.6 Å². The van der Waals surface area contributed by atoms with Crippen molar-refractivity contribution >= 4 is 23.2 Å². The van der Waals surface area contributed by atoms with E-state index in [2.05, 4.69) is 38.6 Å². The summed E-state index contributed by atoms with van der Waals surface area (Å²) in [5.41, 5.74) is 12.3. The molecule has 3 aromatic heterocycles. The molecular weight excluding hydrogens is 532 g/mol. The van der Waals surface area contributed by atoms with Crippen LogP contribution < -0.4 is 21.5 Å². The van der Waals surface area contributed by atoms with Gasteiger partial charge in [0.1, 0.15) is 23.0 Å². The first-order valence-electron chi connectivity index (χ1n) is 14.3. The van der Waals surface area contributed by atoms with Gasteiger partial charge >= 0.3 is 0 Å². The highest BCUT2D eigenvalue weighted by Gasteiger charge is 2.37. The van der Waals surface area contributed by atoms with Crippen LogP contribution in [0.5, 0.6) is 0 Å². The maximum absolute atomic E-state index is 13.8. The molecule has 1 aliphatic carbocycles. The summed E-state index contributed by atoms with van der Waals surface area (Å²) in [5.74, 6) is 0.516. The molecule has 1 fully saturated rings. The molecule has 0 bridgehead atoms. The number of likely N-dealkylation sites (N-methyl/N-ethyl adjacent to an activating group) is 1. The third-order valence-corrected chi connectivity index (χ3v) is 8.40. The molecule has 0 spiro atoms. The molecule has 4 N–H and O–H groups in total. The maximum Gasteiger partial charge on any atom is 0.276 e. The quantitative estimate of drug-likeness (QED) is 0.315. The lowest BCUT2D eigenvalue weighted by Crippen LogP contribution is -2.41. The molecule has 2 aliphatic heterocycles. The molecule has 220 valence electrons. The van der Waals surface area contributed by atoms with Gasteiger partial charge in [-0.25, -0.2) is 9.98 Å². The minimum absolute atomic E-state index is 0.124. The van der Waals surface area contributed by atoms with E-state index in [-0.39, 0.29) is 35.0 Å². The predicted molar refractivity (Wildman–Crippen MR) is 163 cm³/mol. The average molecular weight is 571 g/mol. The van der Waals surface area contributed by atoms with Crippen molar-refractivity contribution in [3.63, 3.8) is 0 Å². The van der Waals surface area contributed by atoms with Gasteiger partial charge in [-0.2, -0.15) is 0 Å². The van der Waals surface area contributed by atoms with Crippen LogP contribution in [-0.2, 0) is 33.0 Å². The van der Waals surface area contributed by atoms with Gasteiger partial charge in [0.05, 0.1) is 6.61 Å². The van der Waals surface area contributed by atoms with Gasteiger partial charge in [-0.15, -0.1) is 0 Å². The van der Waals surface area contributed by atoms with E-state index in [0.717, 1.165) is 31.6 Å². The predicted octanol–water partition coefficient (Wildman–Crippen LogP) is 1.93. The summed E-state index contributed by atoms with van der Waals surface area (Å²) in [6, 6.07) is 5.48. The number of aromatic nitrogens is 3. The van der Waals surface area contributed by atoms with Gasteiger partial charge < -0.3 is 25.3 Å². The standard InChI is InChI=1S/C31H38N8O3/c1-31(2)14-19-12-25-30(42)39(10-9-38(25)26(19)15-31)28-23(18-40)22(5-6-34-28)20-11-24(29(41)37(4)16-20)35-27(32)13-21-17-36(3)8-7-33-21/h5-6,11-13,16,33,40H,7-10,14-15,17-18H2,1-4H3,(H2,32,35)/b21-13-. The topological polar surface area (TPSA) is 134 Å². The number of nitrogens with zero attached hydrogens (tertiary/aromatic N) is 6. The summed E-state index contributed by atoms with van der Waals surface area (Å²) in [7, 11) is 3.69. The Labute approximate surface area is 245 Å². The van der Waals surface area contributed by atoms with Crippen LogP contribution in [0.15, 0.2) is 52.2 Å². The number of nitrogens with one attached hydrogen (secondary N) is 1. The van der Waals surface area contributed by atoms with Crippen LogP contribution in [0.1, 0.15) is 41.2 Å². The number of aliphatic hydroxyl groups is 1. The van der Waals surface area contributed by atoms with Gasteiger partial charge in [0, 0.05) is 80.8 Å². The van der Waals surface area contributed by atoms with Crippen LogP contribution in [-0.4, -0.2) is 69.1 Å². The van der Waals surface area contributed by atoms with Gasteiger partial charge in [-0.3, -0.25) is 19.4 Å². The maximum atomic E-state index is 13.8. The zero-order valence-electron chi connectivity index (χ0n) is 24.6. The number of amidine groups is 1. The first kappa shape index (κ1) is 27.9.